The first kappa shape index (κ1) is 22.8. The fraction of sp³-hybridized carbons (Fsp3) is 0.120. The van der Waals surface area contributed by atoms with Crippen molar-refractivity contribution in [3.8, 4) is 0 Å². The van der Waals surface area contributed by atoms with Gasteiger partial charge < -0.3 is 9.88 Å². The van der Waals surface area contributed by atoms with Gasteiger partial charge in [-0.1, -0.05) is 71.9 Å². The molecule has 4 rings (SSSR count). The number of nitrogens with zero attached hydrogens (tertiary/aromatic N) is 4. The molecule has 1 amide bonds. The molecule has 8 heteroatoms. The van der Waals surface area contributed by atoms with Crippen LogP contribution in [0.3, 0.4) is 0 Å². The van der Waals surface area contributed by atoms with E-state index >= 15 is 0 Å². The van der Waals surface area contributed by atoms with E-state index in [4.69, 9.17) is 11.6 Å². The second kappa shape index (κ2) is 11.4. The van der Waals surface area contributed by atoms with Crippen LogP contribution >= 0.6 is 23.4 Å². The molecule has 2 aromatic carbocycles. The van der Waals surface area contributed by atoms with Gasteiger partial charge in [-0.05, 0) is 41.0 Å². The lowest BCUT2D eigenvalue weighted by Crippen LogP contribution is -2.23. The number of hydrogen-bond donors (Lipinski definition) is 1. The monoisotopic (exact) mass is 475 g/mol. The minimum Gasteiger partial charge on any atom is -0.345 e. The summed E-state index contributed by atoms with van der Waals surface area (Å²) in [6.45, 7) is 0.883. The molecule has 33 heavy (non-hydrogen) atoms. The van der Waals surface area contributed by atoms with E-state index in [9.17, 15) is 4.79 Å². The van der Waals surface area contributed by atoms with Crippen LogP contribution in [0.5, 0.6) is 0 Å². The number of thioether (sulfide) groups is 1. The van der Waals surface area contributed by atoms with Gasteiger partial charge in [0.05, 0.1) is 13.1 Å². The second-order valence-electron chi connectivity index (χ2n) is 7.19. The molecule has 0 aliphatic rings. The zero-order chi connectivity index (χ0) is 22.9. The van der Waals surface area contributed by atoms with Crippen molar-refractivity contribution >= 4 is 35.3 Å². The first-order valence-electron chi connectivity index (χ1n) is 10.4. The highest BCUT2D eigenvalue weighted by atomic mass is 35.5. The van der Waals surface area contributed by atoms with Crippen molar-refractivity contribution in [1.29, 1.82) is 0 Å². The van der Waals surface area contributed by atoms with Crippen LogP contribution in [0.4, 0.5) is 0 Å². The van der Waals surface area contributed by atoms with Gasteiger partial charge >= 0.3 is 0 Å². The zero-order valence-electron chi connectivity index (χ0n) is 17.8. The minimum absolute atomic E-state index is 0.227. The molecule has 0 spiro atoms. The maximum Gasteiger partial charge on any atom is 0.244 e. The summed E-state index contributed by atoms with van der Waals surface area (Å²) in [6, 6.07) is 21.5. The number of halogens is 1. The van der Waals surface area contributed by atoms with Crippen molar-refractivity contribution in [2.24, 2.45) is 0 Å². The van der Waals surface area contributed by atoms with Gasteiger partial charge in [0.25, 0.3) is 0 Å². The fourth-order valence-electron chi connectivity index (χ4n) is 3.11. The van der Waals surface area contributed by atoms with Crippen molar-refractivity contribution < 1.29 is 4.79 Å². The first-order valence-corrected chi connectivity index (χ1v) is 11.7. The maximum absolute atomic E-state index is 12.4. The Morgan fingerprint density at radius 2 is 1.73 bits per heavy atom. The van der Waals surface area contributed by atoms with Gasteiger partial charge in [0.15, 0.2) is 11.0 Å². The SMILES string of the molecule is O=C(C=Cc1ccccc1Cl)NCc1nnc(SCc2ccncc2)n1Cc1ccccc1. The van der Waals surface area contributed by atoms with Crippen molar-refractivity contribution in [3.05, 3.63) is 113 Å². The lowest BCUT2D eigenvalue weighted by Gasteiger charge is -2.11. The smallest absolute Gasteiger partial charge is 0.244 e. The lowest BCUT2D eigenvalue weighted by molar-refractivity contribution is -0.116. The summed E-state index contributed by atoms with van der Waals surface area (Å²) < 4.78 is 2.04. The third-order valence-electron chi connectivity index (χ3n) is 4.83. The number of nitrogens with one attached hydrogen (secondary N) is 1. The van der Waals surface area contributed by atoms with Crippen molar-refractivity contribution in [2.75, 3.05) is 0 Å². The highest BCUT2D eigenvalue weighted by Crippen LogP contribution is 2.23. The quantitative estimate of drug-likeness (QED) is 0.272. The van der Waals surface area contributed by atoms with E-state index in [1.54, 1.807) is 36.3 Å². The van der Waals surface area contributed by atoms with Gasteiger partial charge in [-0.25, -0.2) is 0 Å². The number of amides is 1. The molecule has 0 saturated heterocycles. The number of hydrogen-bond acceptors (Lipinski definition) is 5. The Hall–Kier alpha value is -3.42. The number of carbonyl (C=O) groups is 1. The summed E-state index contributed by atoms with van der Waals surface area (Å²) in [4.78, 5) is 16.4. The Balaban J connectivity index is 1.46. The summed E-state index contributed by atoms with van der Waals surface area (Å²) in [5.74, 6) is 1.22. The first-order chi connectivity index (χ1) is 16.2. The van der Waals surface area contributed by atoms with Crippen LogP contribution in [-0.2, 0) is 23.6 Å². The van der Waals surface area contributed by atoms with E-state index in [1.165, 1.54) is 6.08 Å². The molecular formula is C25H22ClN5OS. The predicted molar refractivity (Wildman–Crippen MR) is 132 cm³/mol. The average Bonchev–Trinajstić information content (AvgIpc) is 3.23. The normalized spacial score (nSPS) is 11.1. The van der Waals surface area contributed by atoms with E-state index < -0.39 is 0 Å². The predicted octanol–water partition coefficient (Wildman–Crippen LogP) is 5.00. The molecule has 0 radical (unpaired) electrons. The third kappa shape index (κ3) is 6.54. The molecule has 166 valence electrons. The molecule has 0 bridgehead atoms. The molecular weight excluding hydrogens is 454 g/mol. The van der Waals surface area contributed by atoms with Gasteiger partial charge in [0, 0.05) is 29.2 Å². The Morgan fingerprint density at radius 1 is 0.970 bits per heavy atom. The Bertz CT molecular complexity index is 1230. The number of aromatic nitrogens is 4. The van der Waals surface area contributed by atoms with Crippen LogP contribution in [0.1, 0.15) is 22.5 Å². The molecule has 0 aliphatic heterocycles. The summed E-state index contributed by atoms with van der Waals surface area (Å²) in [7, 11) is 0. The summed E-state index contributed by atoms with van der Waals surface area (Å²) in [5.41, 5.74) is 3.08. The lowest BCUT2D eigenvalue weighted by atomic mass is 10.2. The largest absolute Gasteiger partial charge is 0.345 e. The zero-order valence-corrected chi connectivity index (χ0v) is 19.3. The van der Waals surface area contributed by atoms with Crippen molar-refractivity contribution in [1.82, 2.24) is 25.1 Å². The van der Waals surface area contributed by atoms with Crippen LogP contribution in [0, 0.1) is 0 Å². The molecule has 0 unspecified atom stereocenters. The van der Waals surface area contributed by atoms with E-state index in [0.29, 0.717) is 17.4 Å². The van der Waals surface area contributed by atoms with Crippen molar-refractivity contribution in [2.45, 2.75) is 24.0 Å². The maximum atomic E-state index is 12.4. The molecule has 0 atom stereocenters. The standard InChI is InChI=1S/C25H22ClN5OS/c26-22-9-5-4-8-21(22)10-11-24(32)28-16-23-29-30-25(33-18-20-12-14-27-15-13-20)31(23)17-19-6-2-1-3-7-19/h1-15H,16-18H2,(H,28,32). The molecule has 4 aromatic rings. The average molecular weight is 476 g/mol. The van der Waals surface area contributed by atoms with Gasteiger partial charge in [-0.2, -0.15) is 0 Å². The summed E-state index contributed by atoms with van der Waals surface area (Å²) in [5, 5.41) is 13.0. The molecule has 1 N–H and O–H groups in total. The van der Waals surface area contributed by atoms with E-state index in [2.05, 4.69) is 32.6 Å². The molecule has 0 saturated carbocycles. The number of carbonyl (C=O) groups excluding carboxylic acids is 1. The minimum atomic E-state index is -0.227. The third-order valence-corrected chi connectivity index (χ3v) is 6.22. The van der Waals surface area contributed by atoms with Crippen molar-refractivity contribution in [3.63, 3.8) is 0 Å². The van der Waals surface area contributed by atoms with E-state index in [-0.39, 0.29) is 12.5 Å². The highest BCUT2D eigenvalue weighted by Gasteiger charge is 2.14. The Kier molecular flexibility index (Phi) is 7.90. The van der Waals surface area contributed by atoms with E-state index in [0.717, 1.165) is 27.6 Å². The number of rotatable bonds is 9. The number of pyridine rings is 1. The number of benzene rings is 2. The molecule has 0 aliphatic carbocycles. The Morgan fingerprint density at radius 3 is 2.52 bits per heavy atom. The summed E-state index contributed by atoms with van der Waals surface area (Å²) >= 11 is 7.75. The van der Waals surface area contributed by atoms with Crippen LogP contribution in [0.15, 0.2) is 90.4 Å². The Labute approximate surface area is 201 Å². The fourth-order valence-corrected chi connectivity index (χ4v) is 4.22. The van der Waals surface area contributed by atoms with Crippen LogP contribution in [0.25, 0.3) is 6.08 Å². The van der Waals surface area contributed by atoms with Crippen LogP contribution in [0.2, 0.25) is 5.02 Å². The van der Waals surface area contributed by atoms with Crippen LogP contribution < -0.4 is 5.32 Å². The second-order valence-corrected chi connectivity index (χ2v) is 8.54. The van der Waals surface area contributed by atoms with Gasteiger partial charge in [0.1, 0.15) is 0 Å². The van der Waals surface area contributed by atoms with Gasteiger partial charge in [-0.15, -0.1) is 10.2 Å². The molecule has 2 heterocycles. The topological polar surface area (TPSA) is 72.7 Å². The molecule has 6 nitrogen and oxygen atoms in total. The molecule has 2 aromatic heterocycles. The van der Waals surface area contributed by atoms with Crippen LogP contribution in [-0.4, -0.2) is 25.7 Å². The van der Waals surface area contributed by atoms with Gasteiger partial charge in [0.2, 0.25) is 5.91 Å². The van der Waals surface area contributed by atoms with E-state index in [1.807, 2.05) is 53.1 Å². The highest BCUT2D eigenvalue weighted by molar-refractivity contribution is 7.98. The summed E-state index contributed by atoms with van der Waals surface area (Å²) in [6.07, 6.45) is 6.73. The molecule has 0 fully saturated rings. The van der Waals surface area contributed by atoms with Gasteiger partial charge in [-0.3, -0.25) is 9.78 Å².